The van der Waals surface area contributed by atoms with Crippen molar-refractivity contribution in [1.82, 2.24) is 15.2 Å². The molecule has 5 nitrogen and oxygen atoms in total. The van der Waals surface area contributed by atoms with Gasteiger partial charge >= 0.3 is 0 Å². The molecule has 1 N–H and O–H groups in total. The number of carbonyl (C=O) groups excluding carboxylic acids is 2. The number of nitrogens with one attached hydrogen (secondary N) is 1. The van der Waals surface area contributed by atoms with Crippen LogP contribution in [0.4, 0.5) is 0 Å². The maximum absolute atomic E-state index is 12.7. The average Bonchev–Trinajstić information content (AvgIpc) is 2.73. The van der Waals surface area contributed by atoms with E-state index >= 15 is 0 Å². The van der Waals surface area contributed by atoms with Crippen LogP contribution in [0.15, 0.2) is 79.1 Å². The molecule has 136 valence electrons. The second kappa shape index (κ2) is 8.76. The van der Waals surface area contributed by atoms with Gasteiger partial charge in [-0.3, -0.25) is 14.6 Å². The standard InChI is InChI=1S/C22H21N3O2/c1-25(16-18-10-6-3-7-11-18)22(27)20-12-19(14-23-15-20)21(26)24-13-17-8-4-2-5-9-17/h2-12,14-15H,13,16H2,1H3,(H,24,26). The summed E-state index contributed by atoms with van der Waals surface area (Å²) in [6.45, 7) is 0.913. The van der Waals surface area contributed by atoms with Crippen LogP contribution in [-0.2, 0) is 13.1 Å². The SMILES string of the molecule is CN(Cc1ccccc1)C(=O)c1cncc(C(=O)NCc2ccccc2)c1. The second-order valence-corrected chi connectivity index (χ2v) is 6.28. The van der Waals surface area contributed by atoms with Gasteiger partial charge in [-0.25, -0.2) is 0 Å². The summed E-state index contributed by atoms with van der Waals surface area (Å²) in [6, 6.07) is 21.0. The molecule has 0 aliphatic carbocycles. The Labute approximate surface area is 158 Å². The first-order valence-electron chi connectivity index (χ1n) is 8.70. The molecule has 2 amide bonds. The van der Waals surface area contributed by atoms with Crippen LogP contribution >= 0.6 is 0 Å². The van der Waals surface area contributed by atoms with E-state index < -0.39 is 0 Å². The van der Waals surface area contributed by atoms with Crippen LogP contribution in [-0.4, -0.2) is 28.7 Å². The Kier molecular flexibility index (Phi) is 5.94. The van der Waals surface area contributed by atoms with E-state index in [2.05, 4.69) is 10.3 Å². The molecule has 5 heteroatoms. The number of nitrogens with zero attached hydrogens (tertiary/aromatic N) is 2. The lowest BCUT2D eigenvalue weighted by Gasteiger charge is -2.17. The predicted molar refractivity (Wildman–Crippen MR) is 104 cm³/mol. The van der Waals surface area contributed by atoms with E-state index in [1.165, 1.54) is 12.4 Å². The number of aromatic nitrogens is 1. The number of amides is 2. The molecule has 0 saturated heterocycles. The normalized spacial score (nSPS) is 10.3. The van der Waals surface area contributed by atoms with Gasteiger partial charge in [0.1, 0.15) is 0 Å². The summed E-state index contributed by atoms with van der Waals surface area (Å²) in [6.07, 6.45) is 2.95. The summed E-state index contributed by atoms with van der Waals surface area (Å²) in [5.74, 6) is -0.434. The second-order valence-electron chi connectivity index (χ2n) is 6.28. The van der Waals surface area contributed by atoms with Gasteiger partial charge in [0, 0.05) is 32.5 Å². The third-order valence-corrected chi connectivity index (χ3v) is 4.15. The van der Waals surface area contributed by atoms with E-state index in [1.54, 1.807) is 18.0 Å². The van der Waals surface area contributed by atoms with E-state index in [9.17, 15) is 9.59 Å². The molecule has 0 aliphatic heterocycles. The highest BCUT2D eigenvalue weighted by Crippen LogP contribution is 2.10. The summed E-state index contributed by atoms with van der Waals surface area (Å²) in [4.78, 5) is 30.7. The first-order chi connectivity index (χ1) is 13.1. The molecule has 1 heterocycles. The van der Waals surface area contributed by atoms with Crippen molar-refractivity contribution in [1.29, 1.82) is 0 Å². The Bertz CT molecular complexity index is 911. The first-order valence-corrected chi connectivity index (χ1v) is 8.70. The molecule has 3 rings (SSSR count). The fourth-order valence-electron chi connectivity index (χ4n) is 2.71. The van der Waals surface area contributed by atoms with E-state index in [-0.39, 0.29) is 11.8 Å². The fraction of sp³-hybridized carbons (Fsp3) is 0.136. The monoisotopic (exact) mass is 359 g/mol. The molecule has 1 aromatic heterocycles. The van der Waals surface area contributed by atoms with Gasteiger partial charge in [0.05, 0.1) is 11.1 Å². The molecule has 0 bridgehead atoms. The van der Waals surface area contributed by atoms with Gasteiger partial charge in [-0.05, 0) is 17.2 Å². The van der Waals surface area contributed by atoms with E-state index in [0.717, 1.165) is 11.1 Å². The third kappa shape index (κ3) is 5.01. The molecule has 0 radical (unpaired) electrons. The van der Waals surface area contributed by atoms with E-state index in [4.69, 9.17) is 0 Å². The highest BCUT2D eigenvalue weighted by atomic mass is 16.2. The van der Waals surface area contributed by atoms with Crippen LogP contribution in [0.5, 0.6) is 0 Å². The molecule has 0 fully saturated rings. The zero-order valence-corrected chi connectivity index (χ0v) is 15.1. The maximum atomic E-state index is 12.7. The molecular weight excluding hydrogens is 338 g/mol. The van der Waals surface area contributed by atoms with Crippen LogP contribution in [0.3, 0.4) is 0 Å². The van der Waals surface area contributed by atoms with Crippen molar-refractivity contribution in [2.75, 3.05) is 7.05 Å². The van der Waals surface area contributed by atoms with Crippen molar-refractivity contribution in [2.45, 2.75) is 13.1 Å². The molecule has 3 aromatic rings. The lowest BCUT2D eigenvalue weighted by atomic mass is 10.1. The minimum Gasteiger partial charge on any atom is -0.348 e. The van der Waals surface area contributed by atoms with Gasteiger partial charge in [0.2, 0.25) is 0 Å². The number of benzene rings is 2. The van der Waals surface area contributed by atoms with Gasteiger partial charge in [0.25, 0.3) is 11.8 Å². The maximum Gasteiger partial charge on any atom is 0.255 e. The molecule has 0 spiro atoms. The molecule has 27 heavy (non-hydrogen) atoms. The predicted octanol–water partition coefficient (Wildman–Crippen LogP) is 3.28. The minimum absolute atomic E-state index is 0.177. The topological polar surface area (TPSA) is 62.3 Å². The Hall–Kier alpha value is -3.47. The Morgan fingerprint density at radius 2 is 1.48 bits per heavy atom. The lowest BCUT2D eigenvalue weighted by Crippen LogP contribution is -2.27. The number of hydrogen-bond donors (Lipinski definition) is 1. The van der Waals surface area contributed by atoms with E-state index in [0.29, 0.717) is 24.2 Å². The zero-order valence-electron chi connectivity index (χ0n) is 15.1. The first kappa shape index (κ1) is 18.3. The zero-order chi connectivity index (χ0) is 19.1. The van der Waals surface area contributed by atoms with Gasteiger partial charge in [-0.15, -0.1) is 0 Å². The van der Waals surface area contributed by atoms with Gasteiger partial charge in [0.15, 0.2) is 0 Å². The average molecular weight is 359 g/mol. The molecule has 0 unspecified atom stereocenters. The van der Waals surface area contributed by atoms with Gasteiger partial charge in [-0.1, -0.05) is 60.7 Å². The van der Waals surface area contributed by atoms with Crippen molar-refractivity contribution in [3.8, 4) is 0 Å². The summed E-state index contributed by atoms with van der Waals surface area (Å²) < 4.78 is 0. The minimum atomic E-state index is -0.258. The number of carbonyl (C=O) groups is 2. The smallest absolute Gasteiger partial charge is 0.255 e. The van der Waals surface area contributed by atoms with Gasteiger partial charge < -0.3 is 10.2 Å². The van der Waals surface area contributed by atoms with Crippen molar-refractivity contribution in [3.63, 3.8) is 0 Å². The molecule has 0 aliphatic rings. The highest BCUT2D eigenvalue weighted by Gasteiger charge is 2.15. The number of rotatable bonds is 6. The van der Waals surface area contributed by atoms with Crippen LogP contribution < -0.4 is 5.32 Å². The summed E-state index contributed by atoms with van der Waals surface area (Å²) in [5, 5.41) is 2.85. The fourth-order valence-corrected chi connectivity index (χ4v) is 2.71. The molecule has 0 atom stereocenters. The Morgan fingerprint density at radius 1 is 0.889 bits per heavy atom. The largest absolute Gasteiger partial charge is 0.348 e. The Morgan fingerprint density at radius 3 is 2.15 bits per heavy atom. The summed E-state index contributed by atoms with van der Waals surface area (Å²) >= 11 is 0. The van der Waals surface area contributed by atoms with Crippen molar-refractivity contribution in [2.24, 2.45) is 0 Å². The van der Waals surface area contributed by atoms with Crippen LogP contribution in [0, 0.1) is 0 Å². The molecule has 2 aromatic carbocycles. The van der Waals surface area contributed by atoms with Crippen LogP contribution in [0.25, 0.3) is 0 Å². The van der Waals surface area contributed by atoms with Gasteiger partial charge in [-0.2, -0.15) is 0 Å². The van der Waals surface area contributed by atoms with Crippen molar-refractivity contribution in [3.05, 3.63) is 101 Å². The van der Waals surface area contributed by atoms with E-state index in [1.807, 2.05) is 60.7 Å². The summed E-state index contributed by atoms with van der Waals surface area (Å²) in [7, 11) is 1.73. The number of pyridine rings is 1. The molecule has 0 saturated carbocycles. The third-order valence-electron chi connectivity index (χ3n) is 4.15. The van der Waals surface area contributed by atoms with Crippen molar-refractivity contribution < 1.29 is 9.59 Å². The highest BCUT2D eigenvalue weighted by molar-refractivity contribution is 5.99. The van der Waals surface area contributed by atoms with Crippen LogP contribution in [0.1, 0.15) is 31.8 Å². The summed E-state index contributed by atoms with van der Waals surface area (Å²) in [5.41, 5.74) is 2.80. The van der Waals surface area contributed by atoms with Crippen LogP contribution in [0.2, 0.25) is 0 Å². The Balaban J connectivity index is 1.65. The number of hydrogen-bond acceptors (Lipinski definition) is 3. The molecular formula is C22H21N3O2. The van der Waals surface area contributed by atoms with Crippen molar-refractivity contribution >= 4 is 11.8 Å². The lowest BCUT2D eigenvalue weighted by molar-refractivity contribution is 0.0784. The quantitative estimate of drug-likeness (QED) is 0.735.